The van der Waals surface area contributed by atoms with E-state index in [2.05, 4.69) is 23.6 Å². The quantitative estimate of drug-likeness (QED) is 0.794. The summed E-state index contributed by atoms with van der Waals surface area (Å²) < 4.78 is 0. The van der Waals surface area contributed by atoms with Gasteiger partial charge in [-0.1, -0.05) is 31.5 Å². The van der Waals surface area contributed by atoms with E-state index in [0.29, 0.717) is 6.54 Å². The standard InChI is InChI=1S/C14H22N2O/c1-4-7-12-8-5-6-9-13(12)15-10-14(17)16-11(2)3/h5-6,8-9,11,15H,4,7,10H2,1-3H3,(H,16,17). The number of carbonyl (C=O) groups excluding carboxylic acids is 1. The first-order valence-corrected chi connectivity index (χ1v) is 6.24. The van der Waals surface area contributed by atoms with Crippen molar-refractivity contribution in [2.75, 3.05) is 11.9 Å². The highest BCUT2D eigenvalue weighted by Gasteiger charge is 2.04. The molecule has 0 aliphatic carbocycles. The van der Waals surface area contributed by atoms with Crippen LogP contribution in [-0.2, 0) is 11.2 Å². The number of carbonyl (C=O) groups is 1. The molecule has 1 rings (SSSR count). The Balaban J connectivity index is 2.53. The van der Waals surface area contributed by atoms with Crippen LogP contribution in [0.3, 0.4) is 0 Å². The number of anilines is 1. The van der Waals surface area contributed by atoms with Crippen LogP contribution in [0, 0.1) is 0 Å². The molecule has 94 valence electrons. The average Bonchev–Trinajstić information content (AvgIpc) is 2.27. The van der Waals surface area contributed by atoms with Gasteiger partial charge in [-0.05, 0) is 31.9 Å². The van der Waals surface area contributed by atoms with E-state index < -0.39 is 0 Å². The molecule has 0 atom stereocenters. The number of hydrogen-bond acceptors (Lipinski definition) is 2. The van der Waals surface area contributed by atoms with E-state index in [0.717, 1.165) is 18.5 Å². The predicted octanol–water partition coefficient (Wildman–Crippen LogP) is 2.58. The minimum absolute atomic E-state index is 0.0336. The van der Waals surface area contributed by atoms with Gasteiger partial charge < -0.3 is 10.6 Å². The molecule has 2 N–H and O–H groups in total. The first-order chi connectivity index (χ1) is 8.13. The molecule has 0 radical (unpaired) electrons. The molecule has 0 saturated heterocycles. The smallest absolute Gasteiger partial charge is 0.239 e. The van der Waals surface area contributed by atoms with Crippen LogP contribution in [0.25, 0.3) is 0 Å². The number of hydrogen-bond donors (Lipinski definition) is 2. The van der Waals surface area contributed by atoms with Gasteiger partial charge in [-0.25, -0.2) is 0 Å². The third-order valence-corrected chi connectivity index (χ3v) is 2.43. The molecule has 1 amide bonds. The van der Waals surface area contributed by atoms with Gasteiger partial charge in [0.1, 0.15) is 0 Å². The van der Waals surface area contributed by atoms with Crippen molar-refractivity contribution in [2.24, 2.45) is 0 Å². The molecule has 3 nitrogen and oxygen atoms in total. The van der Waals surface area contributed by atoms with Crippen LogP contribution in [0.1, 0.15) is 32.8 Å². The van der Waals surface area contributed by atoms with Gasteiger partial charge in [-0.3, -0.25) is 4.79 Å². The van der Waals surface area contributed by atoms with Crippen molar-refractivity contribution in [1.82, 2.24) is 5.32 Å². The van der Waals surface area contributed by atoms with E-state index in [-0.39, 0.29) is 11.9 Å². The minimum Gasteiger partial charge on any atom is -0.376 e. The molecule has 0 spiro atoms. The monoisotopic (exact) mass is 234 g/mol. The Labute approximate surface area is 104 Å². The van der Waals surface area contributed by atoms with Crippen LogP contribution >= 0.6 is 0 Å². The molecule has 0 fully saturated rings. The predicted molar refractivity (Wildman–Crippen MR) is 72.2 cm³/mol. The van der Waals surface area contributed by atoms with Crippen LogP contribution in [-0.4, -0.2) is 18.5 Å². The lowest BCUT2D eigenvalue weighted by Gasteiger charge is -2.12. The van der Waals surface area contributed by atoms with Crippen molar-refractivity contribution in [3.05, 3.63) is 29.8 Å². The van der Waals surface area contributed by atoms with Gasteiger partial charge in [-0.15, -0.1) is 0 Å². The van der Waals surface area contributed by atoms with Gasteiger partial charge in [0.2, 0.25) is 5.91 Å². The van der Waals surface area contributed by atoms with Gasteiger partial charge >= 0.3 is 0 Å². The van der Waals surface area contributed by atoms with Crippen molar-refractivity contribution in [1.29, 1.82) is 0 Å². The Morgan fingerprint density at radius 2 is 2.00 bits per heavy atom. The van der Waals surface area contributed by atoms with Gasteiger partial charge in [-0.2, -0.15) is 0 Å². The summed E-state index contributed by atoms with van der Waals surface area (Å²) >= 11 is 0. The van der Waals surface area contributed by atoms with Crippen molar-refractivity contribution in [3.63, 3.8) is 0 Å². The van der Waals surface area contributed by atoms with Crippen molar-refractivity contribution < 1.29 is 4.79 Å². The zero-order valence-electron chi connectivity index (χ0n) is 10.9. The van der Waals surface area contributed by atoms with Gasteiger partial charge in [0, 0.05) is 11.7 Å². The number of benzene rings is 1. The fourth-order valence-electron chi connectivity index (χ4n) is 1.73. The van der Waals surface area contributed by atoms with Gasteiger partial charge in [0.25, 0.3) is 0 Å². The van der Waals surface area contributed by atoms with Crippen molar-refractivity contribution in [3.8, 4) is 0 Å². The molecular weight excluding hydrogens is 212 g/mol. The molecule has 1 aromatic rings. The first-order valence-electron chi connectivity index (χ1n) is 6.24. The van der Waals surface area contributed by atoms with E-state index >= 15 is 0 Å². The summed E-state index contributed by atoms with van der Waals surface area (Å²) in [5.41, 5.74) is 2.33. The molecule has 17 heavy (non-hydrogen) atoms. The van der Waals surface area contributed by atoms with Crippen LogP contribution in [0.2, 0.25) is 0 Å². The summed E-state index contributed by atoms with van der Waals surface area (Å²) in [6.07, 6.45) is 2.14. The normalized spacial score (nSPS) is 10.4. The maximum atomic E-state index is 11.5. The zero-order valence-corrected chi connectivity index (χ0v) is 10.9. The molecule has 3 heteroatoms. The molecule has 0 aromatic heterocycles. The molecule has 0 bridgehead atoms. The lowest BCUT2D eigenvalue weighted by molar-refractivity contribution is -0.119. The Morgan fingerprint density at radius 3 is 2.65 bits per heavy atom. The van der Waals surface area contributed by atoms with E-state index in [9.17, 15) is 4.79 Å². The fraction of sp³-hybridized carbons (Fsp3) is 0.500. The fourth-order valence-corrected chi connectivity index (χ4v) is 1.73. The third kappa shape index (κ3) is 4.89. The summed E-state index contributed by atoms with van der Waals surface area (Å²) in [6.45, 7) is 6.41. The number of amides is 1. The number of para-hydroxylation sites is 1. The Hall–Kier alpha value is -1.51. The summed E-state index contributed by atoms with van der Waals surface area (Å²) in [7, 11) is 0. The van der Waals surface area contributed by atoms with E-state index in [4.69, 9.17) is 0 Å². The van der Waals surface area contributed by atoms with Crippen LogP contribution in [0.15, 0.2) is 24.3 Å². The Bertz CT molecular complexity index is 361. The molecule has 0 saturated carbocycles. The van der Waals surface area contributed by atoms with Crippen LogP contribution < -0.4 is 10.6 Å². The molecule has 1 aromatic carbocycles. The second kappa shape index (κ2) is 6.94. The lowest BCUT2D eigenvalue weighted by Crippen LogP contribution is -2.34. The summed E-state index contributed by atoms with van der Waals surface area (Å²) in [6, 6.07) is 8.33. The Kier molecular flexibility index (Phi) is 5.53. The number of nitrogens with one attached hydrogen (secondary N) is 2. The molecule has 0 aliphatic rings. The maximum Gasteiger partial charge on any atom is 0.239 e. The largest absolute Gasteiger partial charge is 0.376 e. The van der Waals surface area contributed by atoms with Gasteiger partial charge in [0.05, 0.1) is 6.54 Å². The van der Waals surface area contributed by atoms with Crippen molar-refractivity contribution >= 4 is 11.6 Å². The second-order valence-corrected chi connectivity index (χ2v) is 4.48. The van der Waals surface area contributed by atoms with E-state index in [1.807, 2.05) is 32.0 Å². The number of aryl methyl sites for hydroxylation is 1. The third-order valence-electron chi connectivity index (χ3n) is 2.43. The summed E-state index contributed by atoms with van der Waals surface area (Å²) in [4.78, 5) is 11.5. The molecule has 0 heterocycles. The molecular formula is C14H22N2O. The first kappa shape index (κ1) is 13.6. The highest BCUT2D eigenvalue weighted by Crippen LogP contribution is 2.16. The SMILES string of the molecule is CCCc1ccccc1NCC(=O)NC(C)C. The topological polar surface area (TPSA) is 41.1 Å². The summed E-state index contributed by atoms with van der Waals surface area (Å²) in [5, 5.41) is 6.05. The summed E-state index contributed by atoms with van der Waals surface area (Å²) in [5.74, 6) is 0.0336. The lowest BCUT2D eigenvalue weighted by atomic mass is 10.1. The van der Waals surface area contributed by atoms with Gasteiger partial charge in [0.15, 0.2) is 0 Å². The highest BCUT2D eigenvalue weighted by atomic mass is 16.1. The average molecular weight is 234 g/mol. The Morgan fingerprint density at radius 1 is 1.29 bits per heavy atom. The molecule has 0 aliphatic heterocycles. The maximum absolute atomic E-state index is 11.5. The van der Waals surface area contributed by atoms with Crippen LogP contribution in [0.4, 0.5) is 5.69 Å². The number of rotatable bonds is 6. The zero-order chi connectivity index (χ0) is 12.7. The minimum atomic E-state index is 0.0336. The molecule has 0 unspecified atom stereocenters. The highest BCUT2D eigenvalue weighted by molar-refractivity contribution is 5.81. The second-order valence-electron chi connectivity index (χ2n) is 4.48. The van der Waals surface area contributed by atoms with E-state index in [1.165, 1.54) is 5.56 Å². The van der Waals surface area contributed by atoms with Crippen molar-refractivity contribution in [2.45, 2.75) is 39.7 Å². The van der Waals surface area contributed by atoms with Crippen LogP contribution in [0.5, 0.6) is 0 Å². The van der Waals surface area contributed by atoms with E-state index in [1.54, 1.807) is 0 Å².